The fraction of sp³-hybridized carbons (Fsp3) is 0.714. The smallest absolute Gasteiger partial charge is 0.0807 e. The molecule has 0 amide bonds. The molecule has 1 aliphatic carbocycles. The second-order valence-corrected chi connectivity index (χ2v) is 7.34. The molecule has 0 radical (unpaired) electrons. The predicted molar refractivity (Wildman–Crippen MR) is 72.4 cm³/mol. The zero-order chi connectivity index (χ0) is 11.9. The average Bonchev–Trinajstić information content (AvgIpc) is 2.88. The maximum Gasteiger partial charge on any atom is 0.0807 e. The molecule has 1 aliphatic heterocycles. The molecule has 94 valence electrons. The van der Waals surface area contributed by atoms with E-state index in [2.05, 4.69) is 35.5 Å². The Hall–Kier alpha value is -0.410. The Morgan fingerprint density at radius 1 is 1.53 bits per heavy atom. The lowest BCUT2D eigenvalue weighted by atomic mass is 9.95. The van der Waals surface area contributed by atoms with Gasteiger partial charge >= 0.3 is 0 Å². The Morgan fingerprint density at radius 3 is 3.18 bits per heavy atom. The van der Waals surface area contributed by atoms with Gasteiger partial charge in [0.1, 0.15) is 0 Å². The highest BCUT2D eigenvalue weighted by molar-refractivity contribution is 8.00. The van der Waals surface area contributed by atoms with E-state index in [0.717, 1.165) is 25.8 Å². The topological polar surface area (TPSA) is 25.2 Å². The SMILES string of the molecule is CC1(Cn2ccc3c2CCCC3O)CCCS1. The first kappa shape index (κ1) is 11.7. The van der Waals surface area contributed by atoms with E-state index in [1.54, 1.807) is 0 Å². The molecule has 1 N–H and O–H groups in total. The summed E-state index contributed by atoms with van der Waals surface area (Å²) in [6, 6.07) is 2.13. The van der Waals surface area contributed by atoms with Crippen LogP contribution in [0.2, 0.25) is 0 Å². The van der Waals surface area contributed by atoms with Gasteiger partial charge in [0, 0.05) is 28.7 Å². The summed E-state index contributed by atoms with van der Waals surface area (Å²) in [6.07, 6.45) is 7.85. The zero-order valence-electron chi connectivity index (χ0n) is 10.5. The molecule has 2 nitrogen and oxygen atoms in total. The predicted octanol–water partition coefficient (Wildman–Crippen LogP) is 3.14. The fourth-order valence-electron chi connectivity index (χ4n) is 3.20. The largest absolute Gasteiger partial charge is 0.388 e. The summed E-state index contributed by atoms with van der Waals surface area (Å²) >= 11 is 2.11. The van der Waals surface area contributed by atoms with E-state index in [4.69, 9.17) is 0 Å². The van der Waals surface area contributed by atoms with E-state index >= 15 is 0 Å². The molecule has 0 saturated carbocycles. The Labute approximate surface area is 107 Å². The third-order valence-corrected chi connectivity index (χ3v) is 5.69. The van der Waals surface area contributed by atoms with Gasteiger partial charge in [-0.1, -0.05) is 0 Å². The van der Waals surface area contributed by atoms with Gasteiger partial charge in [-0.2, -0.15) is 11.8 Å². The fourth-order valence-corrected chi connectivity index (χ4v) is 4.50. The average molecular weight is 251 g/mol. The molecule has 1 fully saturated rings. The lowest BCUT2D eigenvalue weighted by Gasteiger charge is -2.27. The first-order chi connectivity index (χ1) is 8.18. The molecule has 1 saturated heterocycles. The molecule has 17 heavy (non-hydrogen) atoms. The molecular weight excluding hydrogens is 230 g/mol. The highest BCUT2D eigenvalue weighted by Crippen LogP contribution is 2.40. The molecule has 0 spiro atoms. The quantitative estimate of drug-likeness (QED) is 0.873. The highest BCUT2D eigenvalue weighted by Gasteiger charge is 2.31. The Balaban J connectivity index is 1.84. The molecule has 2 aliphatic rings. The van der Waals surface area contributed by atoms with E-state index in [1.165, 1.54) is 29.9 Å². The molecule has 2 unspecified atom stereocenters. The van der Waals surface area contributed by atoms with Gasteiger partial charge in [-0.3, -0.25) is 0 Å². The van der Waals surface area contributed by atoms with Crippen LogP contribution in [-0.2, 0) is 13.0 Å². The second-order valence-electron chi connectivity index (χ2n) is 5.66. The van der Waals surface area contributed by atoms with Crippen LogP contribution in [0, 0.1) is 0 Å². The molecule has 3 heteroatoms. The van der Waals surface area contributed by atoms with Gasteiger partial charge in [0.05, 0.1) is 6.10 Å². The van der Waals surface area contributed by atoms with E-state index in [0.29, 0.717) is 4.75 Å². The summed E-state index contributed by atoms with van der Waals surface area (Å²) in [5.41, 5.74) is 2.57. The number of aliphatic hydroxyl groups excluding tert-OH is 1. The highest BCUT2D eigenvalue weighted by atomic mass is 32.2. The van der Waals surface area contributed by atoms with Gasteiger partial charge in [-0.25, -0.2) is 0 Å². The summed E-state index contributed by atoms with van der Waals surface area (Å²) in [7, 11) is 0. The van der Waals surface area contributed by atoms with Crippen molar-refractivity contribution >= 4 is 11.8 Å². The van der Waals surface area contributed by atoms with Crippen LogP contribution < -0.4 is 0 Å². The number of hydrogen-bond donors (Lipinski definition) is 1. The molecule has 2 atom stereocenters. The molecule has 1 aromatic rings. The third-order valence-electron chi connectivity index (χ3n) is 4.17. The van der Waals surface area contributed by atoms with Crippen molar-refractivity contribution in [3.63, 3.8) is 0 Å². The van der Waals surface area contributed by atoms with Gasteiger partial charge in [0.2, 0.25) is 0 Å². The zero-order valence-corrected chi connectivity index (χ0v) is 11.3. The van der Waals surface area contributed by atoms with Crippen LogP contribution in [0.25, 0.3) is 0 Å². The van der Waals surface area contributed by atoms with Crippen LogP contribution in [0.5, 0.6) is 0 Å². The summed E-state index contributed by atoms with van der Waals surface area (Å²) in [5.74, 6) is 1.31. The lowest BCUT2D eigenvalue weighted by molar-refractivity contribution is 0.155. The van der Waals surface area contributed by atoms with Crippen LogP contribution in [0.1, 0.15) is 50.0 Å². The Kier molecular flexibility index (Phi) is 2.99. The molecule has 0 aromatic carbocycles. The minimum atomic E-state index is -0.218. The van der Waals surface area contributed by atoms with Gasteiger partial charge in [0.15, 0.2) is 0 Å². The van der Waals surface area contributed by atoms with Crippen LogP contribution >= 0.6 is 11.8 Å². The van der Waals surface area contributed by atoms with Crippen molar-refractivity contribution in [2.24, 2.45) is 0 Å². The Morgan fingerprint density at radius 2 is 2.41 bits per heavy atom. The van der Waals surface area contributed by atoms with Crippen molar-refractivity contribution in [3.8, 4) is 0 Å². The molecule has 3 rings (SSSR count). The number of rotatable bonds is 2. The van der Waals surface area contributed by atoms with Gasteiger partial charge in [0.25, 0.3) is 0 Å². The van der Waals surface area contributed by atoms with Crippen LogP contribution in [0.4, 0.5) is 0 Å². The van der Waals surface area contributed by atoms with Crippen molar-refractivity contribution in [3.05, 3.63) is 23.5 Å². The first-order valence-corrected chi connectivity index (χ1v) is 7.66. The van der Waals surface area contributed by atoms with Crippen LogP contribution in [0.15, 0.2) is 12.3 Å². The number of nitrogens with zero attached hydrogens (tertiary/aromatic N) is 1. The summed E-state index contributed by atoms with van der Waals surface area (Å²) in [6.45, 7) is 3.50. The van der Waals surface area contributed by atoms with Crippen LogP contribution in [-0.4, -0.2) is 20.2 Å². The summed E-state index contributed by atoms with van der Waals surface area (Å²) in [5, 5.41) is 9.98. The van der Waals surface area contributed by atoms with Gasteiger partial charge in [-0.15, -0.1) is 0 Å². The monoisotopic (exact) mass is 251 g/mol. The standard InChI is InChI=1S/C14H21NOS/c1-14(7-3-9-17-14)10-15-8-6-11-12(15)4-2-5-13(11)16/h6,8,13,16H,2-5,7,9-10H2,1H3. The van der Waals surface area contributed by atoms with E-state index < -0.39 is 0 Å². The lowest BCUT2D eigenvalue weighted by Crippen LogP contribution is -2.25. The third kappa shape index (κ3) is 2.15. The van der Waals surface area contributed by atoms with E-state index in [1.807, 2.05) is 0 Å². The van der Waals surface area contributed by atoms with E-state index in [-0.39, 0.29) is 6.10 Å². The maximum absolute atomic E-state index is 9.98. The second kappa shape index (κ2) is 4.36. The normalized spacial score (nSPS) is 32.7. The number of fused-ring (bicyclic) bond motifs is 1. The molecule has 0 bridgehead atoms. The number of thioether (sulfide) groups is 1. The molecule has 2 heterocycles. The summed E-state index contributed by atoms with van der Waals surface area (Å²) in [4.78, 5) is 0. The van der Waals surface area contributed by atoms with E-state index in [9.17, 15) is 5.11 Å². The van der Waals surface area contributed by atoms with Gasteiger partial charge < -0.3 is 9.67 Å². The maximum atomic E-state index is 9.98. The number of aliphatic hydroxyl groups is 1. The van der Waals surface area contributed by atoms with Crippen molar-refractivity contribution in [2.75, 3.05) is 5.75 Å². The molecule has 1 aromatic heterocycles. The first-order valence-electron chi connectivity index (χ1n) is 6.68. The van der Waals surface area contributed by atoms with Crippen LogP contribution in [0.3, 0.4) is 0 Å². The Bertz CT molecular complexity index is 406. The number of hydrogen-bond acceptors (Lipinski definition) is 2. The minimum absolute atomic E-state index is 0.218. The van der Waals surface area contributed by atoms with Crippen molar-refractivity contribution in [1.82, 2.24) is 4.57 Å². The van der Waals surface area contributed by atoms with Crippen molar-refractivity contribution in [2.45, 2.75) is 56.4 Å². The van der Waals surface area contributed by atoms with Gasteiger partial charge in [-0.05, 0) is 50.8 Å². The minimum Gasteiger partial charge on any atom is -0.388 e. The van der Waals surface area contributed by atoms with Crippen molar-refractivity contribution in [1.29, 1.82) is 0 Å². The van der Waals surface area contributed by atoms with Crippen molar-refractivity contribution < 1.29 is 5.11 Å². The number of aromatic nitrogens is 1. The summed E-state index contributed by atoms with van der Waals surface area (Å²) < 4.78 is 2.81. The molecular formula is C14H21NOS.